The molecule has 170 valence electrons. The molecule has 1 aromatic heterocycles. The van der Waals surface area contributed by atoms with Gasteiger partial charge in [0.05, 0.1) is 17.4 Å². The molecule has 0 saturated carbocycles. The summed E-state index contributed by atoms with van der Waals surface area (Å²) in [5.74, 6) is 0.0711. The smallest absolute Gasteiger partial charge is 0.250 e. The van der Waals surface area contributed by atoms with Crippen LogP contribution in [0.15, 0.2) is 42.6 Å². The van der Waals surface area contributed by atoms with Crippen LogP contribution >= 0.6 is 11.6 Å². The molecule has 2 amide bonds. The van der Waals surface area contributed by atoms with Gasteiger partial charge in [0.1, 0.15) is 5.02 Å². The van der Waals surface area contributed by atoms with E-state index in [1.165, 1.54) is 6.20 Å². The first-order chi connectivity index (χ1) is 15.6. The number of amides is 2. The molecule has 0 fully saturated rings. The molecule has 1 aliphatic rings. The molecule has 3 aromatic rings. The van der Waals surface area contributed by atoms with E-state index in [1.54, 1.807) is 12.1 Å². The van der Waals surface area contributed by atoms with E-state index in [0.29, 0.717) is 35.1 Å². The van der Waals surface area contributed by atoms with Crippen LogP contribution in [-0.4, -0.2) is 21.8 Å². The Balaban J connectivity index is 1.64. The molecule has 0 aliphatic carbocycles. The maximum atomic E-state index is 12.1. The number of hydrogen-bond acceptors (Lipinski definition) is 6. The number of rotatable bonds is 5. The summed E-state index contributed by atoms with van der Waals surface area (Å²) in [5, 5.41) is 9.54. The first kappa shape index (κ1) is 22.5. The van der Waals surface area contributed by atoms with Crippen molar-refractivity contribution in [2.75, 3.05) is 16.0 Å². The summed E-state index contributed by atoms with van der Waals surface area (Å²) in [6, 6.07) is 11.1. The number of halogens is 1. The number of nitrogens with two attached hydrogens (primary N) is 1. The van der Waals surface area contributed by atoms with Gasteiger partial charge < -0.3 is 21.7 Å². The normalized spacial score (nSPS) is 14.6. The Labute approximate surface area is 197 Å². The molecule has 2 aromatic carbocycles. The predicted molar refractivity (Wildman–Crippen MR) is 131 cm³/mol. The minimum atomic E-state index is -0.556. The molecule has 0 bridgehead atoms. The van der Waals surface area contributed by atoms with Gasteiger partial charge in [-0.15, -0.1) is 0 Å². The molecular weight excluding hydrogens is 440 g/mol. The second-order valence-corrected chi connectivity index (χ2v) is 9.10. The largest absolute Gasteiger partial charge is 0.366 e. The highest BCUT2D eigenvalue weighted by Crippen LogP contribution is 2.38. The number of para-hydroxylation sites is 1. The lowest BCUT2D eigenvalue weighted by Crippen LogP contribution is -2.16. The van der Waals surface area contributed by atoms with Gasteiger partial charge in [-0.1, -0.05) is 43.6 Å². The zero-order chi connectivity index (χ0) is 23.8. The molecule has 0 unspecified atom stereocenters. The van der Waals surface area contributed by atoms with Gasteiger partial charge in [-0.05, 0) is 48.1 Å². The van der Waals surface area contributed by atoms with Crippen molar-refractivity contribution < 1.29 is 9.59 Å². The van der Waals surface area contributed by atoms with Crippen LogP contribution in [0.2, 0.25) is 5.02 Å². The topological polar surface area (TPSA) is 122 Å². The Hall–Kier alpha value is -3.65. The van der Waals surface area contributed by atoms with Gasteiger partial charge in [0.2, 0.25) is 11.9 Å². The maximum Gasteiger partial charge on any atom is 0.250 e. The Morgan fingerprint density at radius 2 is 2.00 bits per heavy atom. The quantitative estimate of drug-likeness (QED) is 0.420. The highest BCUT2D eigenvalue weighted by Gasteiger charge is 2.28. The van der Waals surface area contributed by atoms with Gasteiger partial charge >= 0.3 is 0 Å². The first-order valence-corrected chi connectivity index (χ1v) is 10.9. The van der Waals surface area contributed by atoms with E-state index in [9.17, 15) is 9.59 Å². The van der Waals surface area contributed by atoms with E-state index in [4.69, 9.17) is 17.3 Å². The minimum absolute atomic E-state index is 0.00306. The molecule has 33 heavy (non-hydrogen) atoms. The lowest BCUT2D eigenvalue weighted by molar-refractivity contribution is -0.116. The Kier molecular flexibility index (Phi) is 5.95. The average Bonchev–Trinajstić information content (AvgIpc) is 2.86. The number of carbonyl (C=O) groups excluding carboxylic acids is 2. The zero-order valence-corrected chi connectivity index (χ0v) is 19.4. The fraction of sp³-hybridized carbons (Fsp3) is 0.250. The fourth-order valence-electron chi connectivity index (χ4n) is 3.89. The number of hydrogen-bond donors (Lipinski definition) is 4. The van der Waals surface area contributed by atoms with Crippen LogP contribution in [0.3, 0.4) is 0 Å². The number of carbonyl (C=O) groups is 2. The van der Waals surface area contributed by atoms with Gasteiger partial charge in [-0.25, -0.2) is 4.98 Å². The van der Waals surface area contributed by atoms with Crippen LogP contribution in [0.4, 0.5) is 28.8 Å². The highest BCUT2D eigenvalue weighted by atomic mass is 35.5. The second-order valence-electron chi connectivity index (χ2n) is 8.69. The van der Waals surface area contributed by atoms with E-state index in [1.807, 2.05) is 31.2 Å². The van der Waals surface area contributed by atoms with Crippen LogP contribution in [0, 0.1) is 6.92 Å². The Morgan fingerprint density at radius 3 is 2.76 bits per heavy atom. The Morgan fingerprint density at radius 1 is 1.21 bits per heavy atom. The van der Waals surface area contributed by atoms with E-state index < -0.39 is 5.91 Å². The SMILES string of the molecule is Cc1cccc(C(N)=O)c1Nc1nc(Nc2ccc3c(c2)NC(=O)CCC3(C)C)ncc1Cl. The summed E-state index contributed by atoms with van der Waals surface area (Å²) in [6.45, 7) is 6.12. The number of anilines is 5. The van der Waals surface area contributed by atoms with Crippen molar-refractivity contribution in [2.24, 2.45) is 5.73 Å². The number of aromatic nitrogens is 2. The molecule has 0 radical (unpaired) electrons. The molecule has 2 heterocycles. The van der Waals surface area contributed by atoms with Gasteiger partial charge in [0.15, 0.2) is 5.82 Å². The van der Waals surface area contributed by atoms with Gasteiger partial charge in [-0.2, -0.15) is 4.98 Å². The summed E-state index contributed by atoms with van der Waals surface area (Å²) in [6.07, 6.45) is 2.72. The average molecular weight is 465 g/mol. The summed E-state index contributed by atoms with van der Waals surface area (Å²) in [7, 11) is 0. The molecule has 0 saturated heterocycles. The van der Waals surface area contributed by atoms with E-state index in [-0.39, 0.29) is 16.3 Å². The van der Waals surface area contributed by atoms with Crippen molar-refractivity contribution in [3.05, 3.63) is 64.3 Å². The molecular formula is C24H25ClN6O2. The van der Waals surface area contributed by atoms with Crippen LogP contribution < -0.4 is 21.7 Å². The van der Waals surface area contributed by atoms with Crippen molar-refractivity contribution >= 4 is 52.2 Å². The van der Waals surface area contributed by atoms with E-state index in [2.05, 4.69) is 39.8 Å². The molecule has 0 atom stereocenters. The maximum absolute atomic E-state index is 12.1. The zero-order valence-electron chi connectivity index (χ0n) is 18.6. The predicted octanol–water partition coefficient (Wildman–Crippen LogP) is 5.03. The van der Waals surface area contributed by atoms with Crippen molar-refractivity contribution in [2.45, 2.75) is 39.0 Å². The van der Waals surface area contributed by atoms with Crippen molar-refractivity contribution in [3.63, 3.8) is 0 Å². The van der Waals surface area contributed by atoms with E-state index in [0.717, 1.165) is 23.2 Å². The number of primary amides is 1. The standard InChI is InChI=1S/C24H25ClN6O2/c1-13-5-4-6-15(21(26)33)20(13)30-22-17(25)12-27-23(31-22)28-14-7-8-16-18(11-14)29-19(32)9-10-24(16,2)3/h4-8,11-12H,9-10H2,1-3H3,(H2,26,33)(H,29,32)(H2,27,28,30,31). The molecule has 9 heteroatoms. The summed E-state index contributed by atoms with van der Waals surface area (Å²) >= 11 is 6.31. The summed E-state index contributed by atoms with van der Waals surface area (Å²) < 4.78 is 0. The number of fused-ring (bicyclic) bond motifs is 1. The van der Waals surface area contributed by atoms with Crippen molar-refractivity contribution in [1.29, 1.82) is 0 Å². The van der Waals surface area contributed by atoms with Gasteiger partial charge in [-0.3, -0.25) is 9.59 Å². The molecule has 5 N–H and O–H groups in total. The fourth-order valence-corrected chi connectivity index (χ4v) is 4.03. The third-order valence-corrected chi connectivity index (χ3v) is 6.06. The minimum Gasteiger partial charge on any atom is -0.366 e. The van der Waals surface area contributed by atoms with Crippen LogP contribution in [0.5, 0.6) is 0 Å². The van der Waals surface area contributed by atoms with Crippen molar-refractivity contribution in [3.8, 4) is 0 Å². The number of nitrogens with zero attached hydrogens (tertiary/aromatic N) is 2. The molecule has 0 spiro atoms. The second kappa shape index (κ2) is 8.71. The highest BCUT2D eigenvalue weighted by molar-refractivity contribution is 6.33. The molecule has 8 nitrogen and oxygen atoms in total. The summed E-state index contributed by atoms with van der Waals surface area (Å²) in [5.41, 5.74) is 9.65. The van der Waals surface area contributed by atoms with E-state index >= 15 is 0 Å². The van der Waals surface area contributed by atoms with Gasteiger partial charge in [0, 0.05) is 17.8 Å². The molecule has 4 rings (SSSR count). The lowest BCUT2D eigenvalue weighted by atomic mass is 9.80. The van der Waals surface area contributed by atoms with Gasteiger partial charge in [0.25, 0.3) is 5.91 Å². The van der Waals surface area contributed by atoms with Crippen LogP contribution in [0.25, 0.3) is 0 Å². The summed E-state index contributed by atoms with van der Waals surface area (Å²) in [4.78, 5) is 32.7. The Bertz CT molecular complexity index is 1260. The molecule has 1 aliphatic heterocycles. The number of benzene rings is 2. The first-order valence-electron chi connectivity index (χ1n) is 10.5. The third kappa shape index (κ3) is 4.75. The third-order valence-electron chi connectivity index (χ3n) is 5.78. The van der Waals surface area contributed by atoms with Crippen LogP contribution in [-0.2, 0) is 10.2 Å². The number of aryl methyl sites for hydroxylation is 1. The lowest BCUT2D eigenvalue weighted by Gasteiger charge is -2.25. The monoisotopic (exact) mass is 464 g/mol. The van der Waals surface area contributed by atoms with Crippen LogP contribution in [0.1, 0.15) is 48.2 Å². The number of nitrogens with one attached hydrogen (secondary N) is 3. The van der Waals surface area contributed by atoms with Crippen molar-refractivity contribution in [1.82, 2.24) is 9.97 Å².